The van der Waals surface area contributed by atoms with Gasteiger partial charge < -0.3 is 4.74 Å². The summed E-state index contributed by atoms with van der Waals surface area (Å²) in [4.78, 5) is 2.70. The molecule has 0 radical (unpaired) electrons. The van der Waals surface area contributed by atoms with Gasteiger partial charge in [-0.1, -0.05) is 13.8 Å². The van der Waals surface area contributed by atoms with Gasteiger partial charge in [0, 0.05) is 19.1 Å². The summed E-state index contributed by atoms with van der Waals surface area (Å²) in [5, 5.41) is 0. The number of rotatable bonds is 5. The fourth-order valence-electron chi connectivity index (χ4n) is 3.38. The summed E-state index contributed by atoms with van der Waals surface area (Å²) in [5.41, 5.74) is 0.410. The Kier molecular flexibility index (Phi) is 4.79. The van der Waals surface area contributed by atoms with E-state index in [9.17, 15) is 0 Å². The van der Waals surface area contributed by atoms with Crippen LogP contribution in [0.2, 0.25) is 0 Å². The predicted molar refractivity (Wildman–Crippen MR) is 75.8 cm³/mol. The molecule has 1 saturated carbocycles. The maximum atomic E-state index is 5.89. The largest absolute Gasteiger partial charge is 0.375 e. The van der Waals surface area contributed by atoms with Crippen molar-refractivity contribution in [2.24, 2.45) is 5.41 Å². The molecule has 1 heterocycles. The van der Waals surface area contributed by atoms with Gasteiger partial charge >= 0.3 is 0 Å². The number of morpholine rings is 1. The Morgan fingerprint density at radius 1 is 1.29 bits per heavy atom. The highest BCUT2D eigenvalue weighted by Crippen LogP contribution is 2.35. The molecule has 2 aliphatic rings. The first-order chi connectivity index (χ1) is 8.24. The van der Waals surface area contributed by atoms with E-state index in [2.05, 4.69) is 31.4 Å². The molecule has 2 rings (SSSR count). The monoisotopic (exact) mass is 257 g/mol. The Hall–Kier alpha value is 0.270. The van der Waals surface area contributed by atoms with Gasteiger partial charge in [0.25, 0.3) is 0 Å². The van der Waals surface area contributed by atoms with Gasteiger partial charge in [0.05, 0.1) is 12.7 Å². The normalized spacial score (nSPS) is 30.5. The van der Waals surface area contributed by atoms with Crippen LogP contribution in [0.25, 0.3) is 0 Å². The van der Waals surface area contributed by atoms with Gasteiger partial charge in [-0.25, -0.2) is 0 Å². The second-order valence-electron chi connectivity index (χ2n) is 5.74. The summed E-state index contributed by atoms with van der Waals surface area (Å²) >= 11 is 4.60. The van der Waals surface area contributed by atoms with E-state index in [0.29, 0.717) is 17.6 Å². The second kappa shape index (κ2) is 5.94. The third kappa shape index (κ3) is 2.82. The molecule has 100 valence electrons. The van der Waals surface area contributed by atoms with Gasteiger partial charge in [-0.2, -0.15) is 12.6 Å². The highest BCUT2D eigenvalue weighted by Gasteiger charge is 2.39. The van der Waals surface area contributed by atoms with Gasteiger partial charge in [0.15, 0.2) is 0 Å². The number of hydrogen-bond acceptors (Lipinski definition) is 3. The molecule has 0 aromatic rings. The van der Waals surface area contributed by atoms with Crippen LogP contribution in [0, 0.1) is 5.41 Å². The minimum atomic E-state index is 0.410. The fourth-order valence-corrected chi connectivity index (χ4v) is 3.93. The number of thiol groups is 1. The summed E-state index contributed by atoms with van der Waals surface area (Å²) in [7, 11) is 0. The summed E-state index contributed by atoms with van der Waals surface area (Å²) in [6.07, 6.45) is 6.95. The standard InChI is InChI=1S/C14H27NOS/c1-3-14(4-2,11-17)10-15-8-9-16-13-7-5-6-12(13)15/h12-13,17H,3-11H2,1-2H3. The van der Waals surface area contributed by atoms with Crippen molar-refractivity contribution in [3.8, 4) is 0 Å². The summed E-state index contributed by atoms with van der Waals surface area (Å²) < 4.78 is 5.89. The lowest BCUT2D eigenvalue weighted by Gasteiger charge is -2.43. The van der Waals surface area contributed by atoms with Crippen molar-refractivity contribution >= 4 is 12.6 Å². The van der Waals surface area contributed by atoms with Crippen molar-refractivity contribution in [3.63, 3.8) is 0 Å². The molecule has 1 aliphatic heterocycles. The molecular formula is C14H27NOS. The van der Waals surface area contributed by atoms with Crippen molar-refractivity contribution in [1.82, 2.24) is 4.90 Å². The quantitative estimate of drug-likeness (QED) is 0.760. The third-order valence-electron chi connectivity index (χ3n) is 4.97. The van der Waals surface area contributed by atoms with Crippen molar-refractivity contribution in [1.29, 1.82) is 0 Å². The molecular weight excluding hydrogens is 230 g/mol. The lowest BCUT2D eigenvalue weighted by Crippen LogP contribution is -2.52. The zero-order valence-electron chi connectivity index (χ0n) is 11.3. The summed E-state index contributed by atoms with van der Waals surface area (Å²) in [6, 6.07) is 0.695. The van der Waals surface area contributed by atoms with Crippen LogP contribution in [0.1, 0.15) is 46.0 Å². The molecule has 2 nitrogen and oxygen atoms in total. The van der Waals surface area contributed by atoms with Crippen molar-refractivity contribution < 1.29 is 4.74 Å². The first-order valence-electron chi connectivity index (χ1n) is 7.21. The van der Waals surface area contributed by atoms with Crippen LogP contribution in [0.3, 0.4) is 0 Å². The molecule has 3 heteroatoms. The minimum Gasteiger partial charge on any atom is -0.375 e. The molecule has 17 heavy (non-hydrogen) atoms. The van der Waals surface area contributed by atoms with Crippen molar-refractivity contribution in [3.05, 3.63) is 0 Å². The lowest BCUT2D eigenvalue weighted by molar-refractivity contribution is -0.0675. The van der Waals surface area contributed by atoms with E-state index < -0.39 is 0 Å². The van der Waals surface area contributed by atoms with Gasteiger partial charge in [0.1, 0.15) is 0 Å². The maximum absolute atomic E-state index is 5.89. The molecule has 0 N–H and O–H groups in total. The molecule has 0 aromatic carbocycles. The average molecular weight is 257 g/mol. The number of nitrogens with zero attached hydrogens (tertiary/aromatic N) is 1. The van der Waals surface area contributed by atoms with E-state index in [1.165, 1.54) is 38.6 Å². The molecule has 1 aliphatic carbocycles. The Morgan fingerprint density at radius 2 is 2.06 bits per heavy atom. The zero-order chi connectivity index (χ0) is 12.3. The van der Waals surface area contributed by atoms with Crippen molar-refractivity contribution in [2.45, 2.75) is 58.1 Å². The second-order valence-corrected chi connectivity index (χ2v) is 6.06. The van der Waals surface area contributed by atoms with Crippen LogP contribution >= 0.6 is 12.6 Å². The number of fused-ring (bicyclic) bond motifs is 1. The van der Waals surface area contributed by atoms with Gasteiger partial charge in [0.2, 0.25) is 0 Å². The molecule has 0 aromatic heterocycles. The third-order valence-corrected chi connectivity index (χ3v) is 5.64. The highest BCUT2D eigenvalue weighted by atomic mass is 32.1. The zero-order valence-corrected chi connectivity index (χ0v) is 12.2. The molecule has 2 fully saturated rings. The lowest BCUT2D eigenvalue weighted by atomic mass is 9.83. The van der Waals surface area contributed by atoms with Crippen LogP contribution in [-0.2, 0) is 4.74 Å². The highest BCUT2D eigenvalue weighted by molar-refractivity contribution is 7.80. The first-order valence-corrected chi connectivity index (χ1v) is 7.84. The van der Waals surface area contributed by atoms with E-state index in [4.69, 9.17) is 4.74 Å². The van der Waals surface area contributed by atoms with E-state index >= 15 is 0 Å². The Bertz CT molecular complexity index is 234. The van der Waals surface area contributed by atoms with Crippen molar-refractivity contribution in [2.75, 3.05) is 25.4 Å². The molecule has 2 unspecified atom stereocenters. The minimum absolute atomic E-state index is 0.410. The van der Waals surface area contributed by atoms with Crippen LogP contribution in [0.4, 0.5) is 0 Å². The van der Waals surface area contributed by atoms with Crippen LogP contribution in [0.5, 0.6) is 0 Å². The average Bonchev–Trinajstić information content (AvgIpc) is 2.85. The van der Waals surface area contributed by atoms with Gasteiger partial charge in [-0.05, 0) is 43.3 Å². The molecule has 0 spiro atoms. The van der Waals surface area contributed by atoms with Crippen LogP contribution in [0.15, 0.2) is 0 Å². The van der Waals surface area contributed by atoms with E-state index in [1.54, 1.807) is 0 Å². The predicted octanol–water partition coefficient (Wildman–Crippen LogP) is 2.98. The fraction of sp³-hybridized carbons (Fsp3) is 1.00. The van der Waals surface area contributed by atoms with E-state index in [1.807, 2.05) is 0 Å². The van der Waals surface area contributed by atoms with Gasteiger partial charge in [-0.3, -0.25) is 4.90 Å². The summed E-state index contributed by atoms with van der Waals surface area (Å²) in [6.45, 7) is 7.89. The Morgan fingerprint density at radius 3 is 2.71 bits per heavy atom. The van der Waals surface area contributed by atoms with Crippen LogP contribution in [-0.4, -0.2) is 42.5 Å². The first kappa shape index (κ1) is 13.7. The topological polar surface area (TPSA) is 12.5 Å². The molecule has 1 saturated heterocycles. The number of hydrogen-bond donors (Lipinski definition) is 1. The van der Waals surface area contributed by atoms with Gasteiger partial charge in [-0.15, -0.1) is 0 Å². The molecule has 0 bridgehead atoms. The molecule has 2 atom stereocenters. The summed E-state index contributed by atoms with van der Waals surface area (Å²) in [5.74, 6) is 1.01. The maximum Gasteiger partial charge on any atom is 0.0730 e. The Labute approximate surface area is 112 Å². The van der Waals surface area contributed by atoms with Crippen LogP contribution < -0.4 is 0 Å². The SMILES string of the molecule is CCC(CC)(CS)CN1CCOC2CCCC21. The van der Waals surface area contributed by atoms with E-state index in [0.717, 1.165) is 18.9 Å². The number of ether oxygens (including phenoxy) is 1. The molecule has 0 amide bonds. The Balaban J connectivity index is 2.01. The smallest absolute Gasteiger partial charge is 0.0730 e. The van der Waals surface area contributed by atoms with E-state index in [-0.39, 0.29) is 0 Å².